The number of fused-ring (bicyclic) bond motifs is 1. The quantitative estimate of drug-likeness (QED) is 0.396. The van der Waals surface area contributed by atoms with Crippen LogP contribution in [-0.4, -0.2) is 23.8 Å². The molecule has 0 saturated carbocycles. The SMILES string of the molecule is COc1ccc(/C=C\c2nc3ccccc3c(=O)n2-c2cccc(C(F)(F)F)c2)c(OC)c1. The van der Waals surface area contributed by atoms with Gasteiger partial charge in [-0.25, -0.2) is 4.98 Å². The molecule has 0 saturated heterocycles. The fourth-order valence-corrected chi connectivity index (χ4v) is 3.45. The van der Waals surface area contributed by atoms with Crippen molar-refractivity contribution in [2.24, 2.45) is 0 Å². The van der Waals surface area contributed by atoms with Crippen molar-refractivity contribution in [2.75, 3.05) is 14.2 Å². The second-order valence-corrected chi connectivity index (χ2v) is 7.12. The Hall–Kier alpha value is -4.07. The fraction of sp³-hybridized carbons (Fsp3) is 0.120. The van der Waals surface area contributed by atoms with Crippen molar-refractivity contribution < 1.29 is 22.6 Å². The number of rotatable bonds is 5. The molecule has 1 aromatic heterocycles. The minimum Gasteiger partial charge on any atom is -0.497 e. The zero-order chi connectivity index (χ0) is 23.6. The minimum absolute atomic E-state index is 0.0643. The summed E-state index contributed by atoms with van der Waals surface area (Å²) in [6, 6.07) is 16.5. The predicted octanol–water partition coefficient (Wildman–Crippen LogP) is 5.59. The van der Waals surface area contributed by atoms with E-state index >= 15 is 0 Å². The molecule has 0 bridgehead atoms. The molecule has 0 aliphatic heterocycles. The minimum atomic E-state index is -4.55. The molecule has 1 heterocycles. The van der Waals surface area contributed by atoms with E-state index in [2.05, 4.69) is 4.98 Å². The second-order valence-electron chi connectivity index (χ2n) is 7.12. The Balaban J connectivity index is 1.92. The average molecular weight is 452 g/mol. The topological polar surface area (TPSA) is 53.3 Å². The number of hydrogen-bond acceptors (Lipinski definition) is 4. The number of para-hydroxylation sites is 1. The first-order chi connectivity index (χ1) is 15.8. The monoisotopic (exact) mass is 452 g/mol. The van der Waals surface area contributed by atoms with Gasteiger partial charge >= 0.3 is 6.18 Å². The number of hydrogen-bond donors (Lipinski definition) is 0. The first kappa shape index (κ1) is 22.1. The Morgan fingerprint density at radius 2 is 1.70 bits per heavy atom. The molecule has 0 N–H and O–H groups in total. The van der Waals surface area contributed by atoms with E-state index in [4.69, 9.17) is 9.47 Å². The zero-order valence-corrected chi connectivity index (χ0v) is 17.8. The van der Waals surface area contributed by atoms with Crippen LogP contribution in [0, 0.1) is 0 Å². The molecule has 33 heavy (non-hydrogen) atoms. The Labute approximate surface area is 187 Å². The maximum absolute atomic E-state index is 13.3. The van der Waals surface area contributed by atoms with Crippen LogP contribution in [0.4, 0.5) is 13.2 Å². The molecule has 0 spiro atoms. The van der Waals surface area contributed by atoms with E-state index in [0.717, 1.165) is 12.1 Å². The van der Waals surface area contributed by atoms with Crippen LogP contribution >= 0.6 is 0 Å². The van der Waals surface area contributed by atoms with Crippen molar-refractivity contribution in [3.8, 4) is 17.2 Å². The van der Waals surface area contributed by atoms with Gasteiger partial charge in [0, 0.05) is 11.6 Å². The van der Waals surface area contributed by atoms with Gasteiger partial charge in [0.25, 0.3) is 5.56 Å². The lowest BCUT2D eigenvalue weighted by Gasteiger charge is -2.14. The third kappa shape index (κ3) is 4.45. The number of methoxy groups -OCH3 is 2. The lowest BCUT2D eigenvalue weighted by molar-refractivity contribution is -0.137. The highest BCUT2D eigenvalue weighted by Crippen LogP contribution is 2.31. The summed E-state index contributed by atoms with van der Waals surface area (Å²) in [7, 11) is 3.05. The Morgan fingerprint density at radius 1 is 0.909 bits per heavy atom. The molecule has 3 aromatic carbocycles. The summed E-state index contributed by atoms with van der Waals surface area (Å²) in [5.41, 5.74) is -0.147. The summed E-state index contributed by atoms with van der Waals surface area (Å²) in [5.74, 6) is 1.31. The Bertz CT molecular complexity index is 1410. The van der Waals surface area contributed by atoms with Gasteiger partial charge in [0.05, 0.1) is 36.4 Å². The molecule has 4 aromatic rings. The predicted molar refractivity (Wildman–Crippen MR) is 121 cm³/mol. The normalized spacial score (nSPS) is 11.8. The van der Waals surface area contributed by atoms with E-state index in [1.807, 2.05) is 0 Å². The first-order valence-corrected chi connectivity index (χ1v) is 9.91. The maximum Gasteiger partial charge on any atom is 0.416 e. The van der Waals surface area contributed by atoms with Crippen LogP contribution in [-0.2, 0) is 6.18 Å². The van der Waals surface area contributed by atoms with Crippen LogP contribution in [0.25, 0.3) is 28.7 Å². The standard InChI is InChI=1S/C25H19F3N2O3/c1-32-19-12-10-16(22(15-19)33-2)11-13-23-29-21-9-4-3-8-20(21)24(31)30(23)18-7-5-6-17(14-18)25(26,27)28/h3-15H,1-2H3/b13-11-. The number of ether oxygens (including phenoxy) is 2. The summed E-state index contributed by atoms with van der Waals surface area (Å²) >= 11 is 0. The van der Waals surface area contributed by atoms with Gasteiger partial charge in [-0.05, 0) is 54.6 Å². The second kappa shape index (κ2) is 8.82. The molecule has 0 unspecified atom stereocenters. The molecule has 0 fully saturated rings. The van der Waals surface area contributed by atoms with E-state index in [1.54, 1.807) is 54.6 Å². The molecule has 0 radical (unpaired) electrons. The summed E-state index contributed by atoms with van der Waals surface area (Å²) in [4.78, 5) is 17.8. The molecule has 0 amide bonds. The van der Waals surface area contributed by atoms with E-state index < -0.39 is 17.3 Å². The lowest BCUT2D eigenvalue weighted by Crippen LogP contribution is -2.22. The Morgan fingerprint density at radius 3 is 2.42 bits per heavy atom. The van der Waals surface area contributed by atoms with Gasteiger partial charge in [0.15, 0.2) is 0 Å². The highest BCUT2D eigenvalue weighted by molar-refractivity contribution is 5.80. The van der Waals surface area contributed by atoms with Gasteiger partial charge in [-0.1, -0.05) is 18.2 Å². The molecule has 8 heteroatoms. The largest absolute Gasteiger partial charge is 0.497 e. The van der Waals surface area contributed by atoms with Gasteiger partial charge in [0.1, 0.15) is 17.3 Å². The number of aromatic nitrogens is 2. The summed E-state index contributed by atoms with van der Waals surface area (Å²) in [6.45, 7) is 0. The number of alkyl halides is 3. The van der Waals surface area contributed by atoms with Gasteiger partial charge in [0.2, 0.25) is 0 Å². The van der Waals surface area contributed by atoms with Crippen LogP contribution < -0.4 is 15.0 Å². The lowest BCUT2D eigenvalue weighted by atomic mass is 10.1. The highest BCUT2D eigenvalue weighted by Gasteiger charge is 2.30. The summed E-state index contributed by atoms with van der Waals surface area (Å²) in [6.07, 6.45) is -1.30. The van der Waals surface area contributed by atoms with Crippen LogP contribution in [0.2, 0.25) is 0 Å². The van der Waals surface area contributed by atoms with Crippen molar-refractivity contribution in [1.29, 1.82) is 0 Å². The third-order valence-electron chi connectivity index (χ3n) is 5.09. The molecule has 5 nitrogen and oxygen atoms in total. The van der Waals surface area contributed by atoms with Crippen molar-refractivity contribution in [3.05, 3.63) is 94.0 Å². The maximum atomic E-state index is 13.3. The van der Waals surface area contributed by atoms with E-state index in [1.165, 1.54) is 30.9 Å². The van der Waals surface area contributed by atoms with Crippen molar-refractivity contribution >= 4 is 23.1 Å². The Kier molecular flexibility index (Phi) is 5.91. The van der Waals surface area contributed by atoms with Crippen LogP contribution in [0.5, 0.6) is 11.5 Å². The zero-order valence-electron chi connectivity index (χ0n) is 17.8. The molecule has 0 aliphatic carbocycles. The average Bonchev–Trinajstić information content (AvgIpc) is 2.82. The fourth-order valence-electron chi connectivity index (χ4n) is 3.45. The third-order valence-corrected chi connectivity index (χ3v) is 5.09. The molecular formula is C25H19F3N2O3. The number of nitrogens with zero attached hydrogens (tertiary/aromatic N) is 2. The van der Waals surface area contributed by atoms with Gasteiger partial charge in [-0.15, -0.1) is 0 Å². The molecule has 0 atom stereocenters. The van der Waals surface area contributed by atoms with E-state index in [0.29, 0.717) is 28.0 Å². The highest BCUT2D eigenvalue weighted by atomic mass is 19.4. The molecule has 0 aliphatic rings. The van der Waals surface area contributed by atoms with Gasteiger partial charge in [-0.3, -0.25) is 9.36 Å². The van der Waals surface area contributed by atoms with Gasteiger partial charge < -0.3 is 9.47 Å². The van der Waals surface area contributed by atoms with Crippen molar-refractivity contribution in [2.45, 2.75) is 6.18 Å². The summed E-state index contributed by atoms with van der Waals surface area (Å²) < 4.78 is 51.7. The van der Waals surface area contributed by atoms with E-state index in [-0.39, 0.29) is 11.5 Å². The summed E-state index contributed by atoms with van der Waals surface area (Å²) in [5, 5.41) is 0.300. The number of benzene rings is 3. The van der Waals surface area contributed by atoms with Crippen LogP contribution in [0.15, 0.2) is 71.5 Å². The van der Waals surface area contributed by atoms with Crippen LogP contribution in [0.3, 0.4) is 0 Å². The first-order valence-electron chi connectivity index (χ1n) is 9.91. The van der Waals surface area contributed by atoms with Gasteiger partial charge in [-0.2, -0.15) is 13.2 Å². The smallest absolute Gasteiger partial charge is 0.416 e. The molecule has 168 valence electrons. The number of halogens is 3. The molecular weight excluding hydrogens is 433 g/mol. The van der Waals surface area contributed by atoms with E-state index in [9.17, 15) is 18.0 Å². The van der Waals surface area contributed by atoms with Crippen LogP contribution in [0.1, 0.15) is 17.0 Å². The molecule has 4 rings (SSSR count). The van der Waals surface area contributed by atoms with Crippen molar-refractivity contribution in [1.82, 2.24) is 9.55 Å². The van der Waals surface area contributed by atoms with Crippen molar-refractivity contribution in [3.63, 3.8) is 0 Å².